The van der Waals surface area contributed by atoms with Crippen LogP contribution in [0.1, 0.15) is 19.8 Å². The van der Waals surface area contributed by atoms with E-state index in [9.17, 15) is 4.79 Å². The van der Waals surface area contributed by atoms with E-state index in [1.165, 1.54) is 0 Å². The summed E-state index contributed by atoms with van der Waals surface area (Å²) < 4.78 is 0. The molecule has 3 N–H and O–H groups in total. The van der Waals surface area contributed by atoms with Crippen molar-refractivity contribution >= 4 is 6.03 Å². The Morgan fingerprint density at radius 1 is 1.57 bits per heavy atom. The van der Waals surface area contributed by atoms with Crippen LogP contribution in [-0.2, 0) is 0 Å². The smallest absolute Gasteiger partial charge is 0.314 e. The topological polar surface area (TPSA) is 58.4 Å². The number of amides is 2. The van der Waals surface area contributed by atoms with Crippen molar-refractivity contribution in [3.63, 3.8) is 0 Å². The summed E-state index contributed by atoms with van der Waals surface area (Å²) in [5.74, 6) is 5.80. The van der Waals surface area contributed by atoms with Gasteiger partial charge in [0.2, 0.25) is 0 Å². The fourth-order valence-corrected chi connectivity index (χ4v) is 1.59. The van der Waals surface area contributed by atoms with E-state index in [1.807, 2.05) is 6.92 Å². The fourth-order valence-electron chi connectivity index (χ4n) is 1.59. The number of nitrogens with two attached hydrogens (primary N) is 1. The second-order valence-corrected chi connectivity index (χ2v) is 3.41. The van der Waals surface area contributed by atoms with Gasteiger partial charge in [-0.2, -0.15) is 0 Å². The summed E-state index contributed by atoms with van der Waals surface area (Å²) in [5.41, 5.74) is 5.18. The summed E-state index contributed by atoms with van der Waals surface area (Å²) in [6, 6.07) is 0.170. The van der Waals surface area contributed by atoms with Gasteiger partial charge < -0.3 is 16.0 Å². The van der Waals surface area contributed by atoms with Gasteiger partial charge in [0.15, 0.2) is 0 Å². The molecule has 1 fully saturated rings. The molecule has 0 saturated carbocycles. The van der Waals surface area contributed by atoms with Crippen LogP contribution in [0.15, 0.2) is 0 Å². The highest BCUT2D eigenvalue weighted by Crippen LogP contribution is 2.09. The highest BCUT2D eigenvalue weighted by Gasteiger charge is 2.19. The Kier molecular flexibility index (Phi) is 4.27. The predicted octanol–water partition coefficient (Wildman–Crippen LogP) is 0.142. The summed E-state index contributed by atoms with van der Waals surface area (Å²) in [5, 5.41) is 3.33. The molecule has 4 nitrogen and oxygen atoms in total. The minimum Gasteiger partial charge on any atom is -0.351 e. The number of hydrogen-bond donors (Lipinski definition) is 2. The SMILES string of the molecule is CC#CCNC1CCN(C(N)=O)CC1. The van der Waals surface area contributed by atoms with Crippen molar-refractivity contribution in [1.29, 1.82) is 0 Å². The molecule has 0 radical (unpaired) electrons. The monoisotopic (exact) mass is 195 g/mol. The van der Waals surface area contributed by atoms with Crippen LogP contribution >= 0.6 is 0 Å². The Balaban J connectivity index is 2.21. The Bertz CT molecular complexity index is 246. The second kappa shape index (κ2) is 5.51. The Morgan fingerprint density at radius 3 is 2.71 bits per heavy atom. The summed E-state index contributed by atoms with van der Waals surface area (Å²) in [7, 11) is 0. The minimum atomic E-state index is -0.309. The average Bonchev–Trinajstić information content (AvgIpc) is 2.19. The quantitative estimate of drug-likeness (QED) is 0.616. The van der Waals surface area contributed by atoms with Crippen LogP contribution < -0.4 is 11.1 Å². The number of urea groups is 1. The molecular formula is C10H17N3O. The highest BCUT2D eigenvalue weighted by molar-refractivity contribution is 5.72. The standard InChI is InChI=1S/C10H17N3O/c1-2-3-6-12-9-4-7-13(8-5-9)10(11)14/h9,12H,4-8H2,1H3,(H2,11,14). The van der Waals surface area contributed by atoms with Crippen LogP contribution in [-0.4, -0.2) is 36.6 Å². The van der Waals surface area contributed by atoms with Crippen LogP contribution in [0.25, 0.3) is 0 Å². The van der Waals surface area contributed by atoms with Crippen LogP contribution in [0.3, 0.4) is 0 Å². The molecule has 0 unspecified atom stereocenters. The maximum Gasteiger partial charge on any atom is 0.314 e. The summed E-state index contributed by atoms with van der Waals surface area (Å²) >= 11 is 0. The number of likely N-dealkylation sites (tertiary alicyclic amines) is 1. The number of rotatable bonds is 2. The first kappa shape index (κ1) is 10.9. The van der Waals surface area contributed by atoms with Crippen molar-refractivity contribution in [2.24, 2.45) is 5.73 Å². The van der Waals surface area contributed by atoms with Gasteiger partial charge in [-0.25, -0.2) is 4.79 Å². The molecule has 0 bridgehead atoms. The van der Waals surface area contributed by atoms with Crippen LogP contribution in [0.4, 0.5) is 4.79 Å². The molecule has 0 aromatic rings. The third-order valence-electron chi connectivity index (χ3n) is 2.46. The molecule has 0 atom stereocenters. The van der Waals surface area contributed by atoms with E-state index in [4.69, 9.17) is 5.73 Å². The number of nitrogens with zero attached hydrogens (tertiary/aromatic N) is 1. The van der Waals surface area contributed by atoms with Crippen molar-refractivity contribution < 1.29 is 4.79 Å². The molecule has 1 heterocycles. The fraction of sp³-hybridized carbons (Fsp3) is 0.700. The van der Waals surface area contributed by atoms with E-state index >= 15 is 0 Å². The number of hydrogen-bond acceptors (Lipinski definition) is 2. The van der Waals surface area contributed by atoms with Crippen molar-refractivity contribution in [2.45, 2.75) is 25.8 Å². The first-order chi connectivity index (χ1) is 6.74. The minimum absolute atomic E-state index is 0.309. The number of piperidine rings is 1. The summed E-state index contributed by atoms with van der Waals surface area (Å²) in [4.78, 5) is 12.5. The molecule has 2 amide bonds. The third kappa shape index (κ3) is 3.27. The molecular weight excluding hydrogens is 178 g/mol. The zero-order chi connectivity index (χ0) is 10.4. The maximum atomic E-state index is 10.8. The van der Waals surface area contributed by atoms with Gasteiger partial charge in [0.05, 0.1) is 6.54 Å². The largest absolute Gasteiger partial charge is 0.351 e. The van der Waals surface area contributed by atoms with Gasteiger partial charge in [-0.15, -0.1) is 5.92 Å². The first-order valence-corrected chi connectivity index (χ1v) is 4.91. The van der Waals surface area contributed by atoms with E-state index in [1.54, 1.807) is 4.90 Å². The lowest BCUT2D eigenvalue weighted by Gasteiger charge is -2.30. The lowest BCUT2D eigenvalue weighted by Crippen LogP contribution is -2.46. The summed E-state index contributed by atoms with van der Waals surface area (Å²) in [6.45, 7) is 4.08. The Labute approximate surface area is 84.8 Å². The molecule has 78 valence electrons. The molecule has 1 rings (SSSR count). The predicted molar refractivity (Wildman–Crippen MR) is 55.6 cm³/mol. The zero-order valence-corrected chi connectivity index (χ0v) is 8.55. The van der Waals surface area contributed by atoms with E-state index < -0.39 is 0 Å². The van der Waals surface area contributed by atoms with Gasteiger partial charge in [0.1, 0.15) is 0 Å². The van der Waals surface area contributed by atoms with Gasteiger partial charge >= 0.3 is 6.03 Å². The number of primary amides is 1. The average molecular weight is 195 g/mol. The normalized spacial score (nSPS) is 17.4. The highest BCUT2D eigenvalue weighted by atomic mass is 16.2. The molecule has 0 spiro atoms. The van der Waals surface area contributed by atoms with Gasteiger partial charge in [-0.05, 0) is 19.8 Å². The summed E-state index contributed by atoms with van der Waals surface area (Å²) in [6.07, 6.45) is 1.93. The number of carbonyl (C=O) groups excluding carboxylic acids is 1. The molecule has 4 heteroatoms. The van der Waals surface area contributed by atoms with Crippen molar-refractivity contribution in [1.82, 2.24) is 10.2 Å². The third-order valence-corrected chi connectivity index (χ3v) is 2.46. The van der Waals surface area contributed by atoms with E-state index in [0.29, 0.717) is 6.04 Å². The molecule has 0 aliphatic carbocycles. The van der Waals surface area contributed by atoms with Gasteiger partial charge in [0, 0.05) is 19.1 Å². The van der Waals surface area contributed by atoms with Crippen LogP contribution in [0, 0.1) is 11.8 Å². The lowest BCUT2D eigenvalue weighted by molar-refractivity contribution is 0.186. The Hall–Kier alpha value is -1.21. The van der Waals surface area contributed by atoms with Crippen LogP contribution in [0.2, 0.25) is 0 Å². The van der Waals surface area contributed by atoms with Crippen molar-refractivity contribution in [2.75, 3.05) is 19.6 Å². The first-order valence-electron chi connectivity index (χ1n) is 4.91. The van der Waals surface area contributed by atoms with Gasteiger partial charge in [0.25, 0.3) is 0 Å². The lowest BCUT2D eigenvalue weighted by atomic mass is 10.1. The van der Waals surface area contributed by atoms with Gasteiger partial charge in [-0.1, -0.05) is 5.92 Å². The molecule has 1 saturated heterocycles. The second-order valence-electron chi connectivity index (χ2n) is 3.41. The van der Waals surface area contributed by atoms with Gasteiger partial charge in [-0.3, -0.25) is 0 Å². The van der Waals surface area contributed by atoms with Crippen LogP contribution in [0.5, 0.6) is 0 Å². The molecule has 1 aliphatic heterocycles. The number of nitrogens with one attached hydrogen (secondary N) is 1. The van der Waals surface area contributed by atoms with Crippen molar-refractivity contribution in [3.8, 4) is 11.8 Å². The molecule has 14 heavy (non-hydrogen) atoms. The molecule has 0 aromatic heterocycles. The molecule has 0 aromatic carbocycles. The molecule has 1 aliphatic rings. The van der Waals surface area contributed by atoms with E-state index in [0.717, 1.165) is 32.5 Å². The van der Waals surface area contributed by atoms with E-state index in [2.05, 4.69) is 17.2 Å². The Morgan fingerprint density at radius 2 is 2.21 bits per heavy atom. The zero-order valence-electron chi connectivity index (χ0n) is 8.55. The van der Waals surface area contributed by atoms with Crippen molar-refractivity contribution in [3.05, 3.63) is 0 Å². The number of carbonyl (C=O) groups is 1. The maximum absolute atomic E-state index is 10.8. The van der Waals surface area contributed by atoms with E-state index in [-0.39, 0.29) is 6.03 Å².